The first-order valence-corrected chi connectivity index (χ1v) is 12.5. The van der Waals surface area contributed by atoms with Crippen molar-refractivity contribution in [3.63, 3.8) is 0 Å². The van der Waals surface area contributed by atoms with Crippen molar-refractivity contribution in [2.45, 2.75) is 37.8 Å². The van der Waals surface area contributed by atoms with Crippen LogP contribution in [0.1, 0.15) is 48.3 Å². The van der Waals surface area contributed by atoms with Crippen LogP contribution in [0.2, 0.25) is 5.02 Å². The molecule has 0 radical (unpaired) electrons. The van der Waals surface area contributed by atoms with E-state index in [4.69, 9.17) is 16.3 Å². The summed E-state index contributed by atoms with van der Waals surface area (Å²) in [5, 5.41) is 3.16. The van der Waals surface area contributed by atoms with Gasteiger partial charge >= 0.3 is 0 Å². The fraction of sp³-hybridized carbons (Fsp3) is 0.240. The molecular formula is C25H27ClN2O4S. The Bertz CT molecular complexity index is 1200. The van der Waals surface area contributed by atoms with Gasteiger partial charge in [-0.1, -0.05) is 54.1 Å². The molecule has 1 unspecified atom stereocenters. The average Bonchev–Trinajstić information content (AvgIpc) is 2.78. The SMILES string of the molecule is CCOc1ccc(C(NC(=O)c2cc(S(=O)(=O)NC(C)C)ccc2Cl)c2ccccc2)cc1. The highest BCUT2D eigenvalue weighted by Gasteiger charge is 2.23. The van der Waals surface area contributed by atoms with Gasteiger partial charge < -0.3 is 10.1 Å². The first-order chi connectivity index (χ1) is 15.7. The highest BCUT2D eigenvalue weighted by Crippen LogP contribution is 2.27. The summed E-state index contributed by atoms with van der Waals surface area (Å²) in [5.74, 6) is 0.252. The Morgan fingerprint density at radius 2 is 1.61 bits per heavy atom. The monoisotopic (exact) mass is 486 g/mol. The van der Waals surface area contributed by atoms with E-state index in [1.165, 1.54) is 18.2 Å². The molecule has 3 aromatic rings. The topological polar surface area (TPSA) is 84.5 Å². The van der Waals surface area contributed by atoms with Crippen LogP contribution < -0.4 is 14.8 Å². The molecule has 1 amide bonds. The zero-order chi connectivity index (χ0) is 24.0. The van der Waals surface area contributed by atoms with Crippen LogP contribution in [0, 0.1) is 0 Å². The molecule has 0 aliphatic heterocycles. The molecule has 0 bridgehead atoms. The number of ether oxygens (including phenoxy) is 1. The molecule has 174 valence electrons. The summed E-state index contributed by atoms with van der Waals surface area (Å²) in [6.07, 6.45) is 0. The van der Waals surface area contributed by atoms with Crippen molar-refractivity contribution < 1.29 is 17.9 Å². The quantitative estimate of drug-likeness (QED) is 0.448. The first kappa shape index (κ1) is 24.8. The average molecular weight is 487 g/mol. The molecule has 0 aliphatic carbocycles. The third kappa shape index (κ3) is 6.35. The van der Waals surface area contributed by atoms with E-state index >= 15 is 0 Å². The summed E-state index contributed by atoms with van der Waals surface area (Å²) >= 11 is 6.29. The molecule has 0 aromatic heterocycles. The molecule has 0 heterocycles. The first-order valence-electron chi connectivity index (χ1n) is 10.6. The number of halogens is 1. The Morgan fingerprint density at radius 1 is 0.970 bits per heavy atom. The van der Waals surface area contributed by atoms with Gasteiger partial charge in [0.2, 0.25) is 10.0 Å². The lowest BCUT2D eigenvalue weighted by Crippen LogP contribution is -2.31. The number of carbonyl (C=O) groups excluding carboxylic acids is 1. The van der Waals surface area contributed by atoms with Crippen molar-refractivity contribution in [1.29, 1.82) is 0 Å². The van der Waals surface area contributed by atoms with Crippen LogP contribution in [0.3, 0.4) is 0 Å². The third-order valence-corrected chi connectivity index (χ3v) is 6.80. The van der Waals surface area contributed by atoms with Crippen LogP contribution in [0.15, 0.2) is 77.7 Å². The number of hydrogen-bond donors (Lipinski definition) is 2. The van der Waals surface area contributed by atoms with Gasteiger partial charge in [-0.05, 0) is 62.2 Å². The van der Waals surface area contributed by atoms with Gasteiger partial charge in [-0.3, -0.25) is 4.79 Å². The molecule has 0 fully saturated rings. The van der Waals surface area contributed by atoms with Gasteiger partial charge in [-0.25, -0.2) is 13.1 Å². The molecule has 0 aliphatic rings. The summed E-state index contributed by atoms with van der Waals surface area (Å²) in [7, 11) is -3.78. The lowest BCUT2D eigenvalue weighted by atomic mass is 9.98. The zero-order valence-corrected chi connectivity index (χ0v) is 20.3. The van der Waals surface area contributed by atoms with Crippen LogP contribution in [0.25, 0.3) is 0 Å². The molecule has 6 nitrogen and oxygen atoms in total. The molecule has 8 heteroatoms. The largest absolute Gasteiger partial charge is 0.494 e. The van der Waals surface area contributed by atoms with E-state index in [-0.39, 0.29) is 21.5 Å². The number of nitrogens with one attached hydrogen (secondary N) is 2. The van der Waals surface area contributed by atoms with Crippen molar-refractivity contribution in [3.8, 4) is 5.75 Å². The Morgan fingerprint density at radius 3 is 2.21 bits per heavy atom. The van der Waals surface area contributed by atoms with Crippen molar-refractivity contribution in [2.24, 2.45) is 0 Å². The molecule has 3 rings (SSSR count). The van der Waals surface area contributed by atoms with Gasteiger partial charge in [0.15, 0.2) is 0 Å². The van der Waals surface area contributed by atoms with Crippen LogP contribution in [0.5, 0.6) is 5.75 Å². The maximum atomic E-state index is 13.3. The van der Waals surface area contributed by atoms with E-state index < -0.39 is 22.0 Å². The maximum absolute atomic E-state index is 13.3. The molecule has 1 atom stereocenters. The third-order valence-electron chi connectivity index (χ3n) is 4.82. The number of benzene rings is 3. The van der Waals surface area contributed by atoms with Crippen molar-refractivity contribution in [2.75, 3.05) is 6.61 Å². The van der Waals surface area contributed by atoms with E-state index in [9.17, 15) is 13.2 Å². The van der Waals surface area contributed by atoms with Gasteiger partial charge in [-0.2, -0.15) is 0 Å². The summed E-state index contributed by atoms with van der Waals surface area (Å²) in [6.45, 7) is 5.92. The fourth-order valence-electron chi connectivity index (χ4n) is 3.36. The normalized spacial score (nSPS) is 12.4. The van der Waals surface area contributed by atoms with Crippen LogP contribution in [-0.4, -0.2) is 27.0 Å². The van der Waals surface area contributed by atoms with E-state index in [0.717, 1.165) is 16.9 Å². The second-order valence-electron chi connectivity index (χ2n) is 7.74. The summed E-state index contributed by atoms with van der Waals surface area (Å²) < 4.78 is 33.2. The van der Waals surface area contributed by atoms with Gasteiger partial charge in [0.25, 0.3) is 5.91 Å². The van der Waals surface area contributed by atoms with E-state index in [1.807, 2.05) is 61.5 Å². The van der Waals surface area contributed by atoms with Gasteiger partial charge in [0.1, 0.15) is 5.75 Å². The minimum absolute atomic E-state index is 0.0249. The molecule has 2 N–H and O–H groups in total. The van der Waals surface area contributed by atoms with Gasteiger partial charge in [0, 0.05) is 6.04 Å². The Kier molecular flexibility index (Phi) is 8.13. The molecule has 0 saturated carbocycles. The molecule has 3 aromatic carbocycles. The van der Waals surface area contributed by atoms with Crippen LogP contribution >= 0.6 is 11.6 Å². The number of hydrogen-bond acceptors (Lipinski definition) is 4. The lowest BCUT2D eigenvalue weighted by Gasteiger charge is -2.21. The molecule has 33 heavy (non-hydrogen) atoms. The van der Waals surface area contributed by atoms with E-state index in [0.29, 0.717) is 6.61 Å². The summed E-state index contributed by atoms with van der Waals surface area (Å²) in [4.78, 5) is 13.2. The predicted molar refractivity (Wildman–Crippen MR) is 130 cm³/mol. The second kappa shape index (κ2) is 10.8. The second-order valence-corrected chi connectivity index (χ2v) is 9.86. The minimum Gasteiger partial charge on any atom is -0.494 e. The Hall–Kier alpha value is -2.87. The molecule has 0 spiro atoms. The fourth-order valence-corrected chi connectivity index (χ4v) is 4.84. The number of amides is 1. The molecule has 0 saturated heterocycles. The van der Waals surface area contributed by atoms with Crippen LogP contribution in [-0.2, 0) is 10.0 Å². The van der Waals surface area contributed by atoms with Gasteiger partial charge in [-0.15, -0.1) is 0 Å². The number of rotatable bonds is 9. The van der Waals surface area contributed by atoms with E-state index in [2.05, 4.69) is 10.0 Å². The predicted octanol–water partition coefficient (Wildman–Crippen LogP) is 4.94. The molecular weight excluding hydrogens is 460 g/mol. The number of sulfonamides is 1. The highest BCUT2D eigenvalue weighted by atomic mass is 35.5. The standard InChI is InChI=1S/C25H27ClN2O4S/c1-4-32-20-12-10-19(11-13-20)24(18-8-6-5-7-9-18)27-25(29)22-16-21(14-15-23(22)26)33(30,31)28-17(2)3/h5-17,24,28H,4H2,1-3H3,(H,27,29). The summed E-state index contributed by atoms with van der Waals surface area (Å²) in [5.41, 5.74) is 1.80. The highest BCUT2D eigenvalue weighted by molar-refractivity contribution is 7.89. The van der Waals surface area contributed by atoms with Gasteiger partial charge in [0.05, 0.1) is 28.1 Å². The van der Waals surface area contributed by atoms with Crippen molar-refractivity contribution in [1.82, 2.24) is 10.0 Å². The smallest absolute Gasteiger partial charge is 0.253 e. The lowest BCUT2D eigenvalue weighted by molar-refractivity contribution is 0.0943. The number of carbonyl (C=O) groups is 1. The van der Waals surface area contributed by atoms with E-state index in [1.54, 1.807) is 13.8 Å². The zero-order valence-electron chi connectivity index (χ0n) is 18.7. The van der Waals surface area contributed by atoms with Crippen molar-refractivity contribution >= 4 is 27.5 Å². The van der Waals surface area contributed by atoms with Crippen LogP contribution in [0.4, 0.5) is 0 Å². The summed E-state index contributed by atoms with van der Waals surface area (Å²) in [6, 6.07) is 20.3. The van der Waals surface area contributed by atoms with Crippen molar-refractivity contribution in [3.05, 3.63) is 94.5 Å². The Balaban J connectivity index is 1.95. The Labute approximate surface area is 200 Å². The maximum Gasteiger partial charge on any atom is 0.253 e. The minimum atomic E-state index is -3.78.